The zero-order valence-electron chi connectivity index (χ0n) is 15.9. The summed E-state index contributed by atoms with van der Waals surface area (Å²) >= 11 is 1.05. The molecule has 2 aromatic rings. The Hall–Kier alpha value is -2.44. The molecule has 0 aliphatic rings. The zero-order valence-corrected chi connectivity index (χ0v) is 17.6. The summed E-state index contributed by atoms with van der Waals surface area (Å²) in [6.45, 7) is 0.105. The van der Waals surface area contributed by atoms with Crippen molar-refractivity contribution in [2.75, 3.05) is 14.2 Å². The molecule has 0 aromatic heterocycles. The Bertz CT molecular complexity index is 797. The SMILES string of the molecule is COC(=O)c1ccc(OP(=O)(Oc2ccc(C(=O)OC)cc2)SC(C)C)cc1. The average Bonchev–Trinajstić information content (AvgIpc) is 2.67. The highest BCUT2D eigenvalue weighted by Crippen LogP contribution is 2.61. The summed E-state index contributed by atoms with van der Waals surface area (Å²) in [5.41, 5.74) is 0.695. The Balaban J connectivity index is 2.20. The number of benzene rings is 2. The number of ether oxygens (including phenoxy) is 2. The molecular weight excluding hydrogens is 403 g/mol. The lowest BCUT2D eigenvalue weighted by atomic mass is 10.2. The Morgan fingerprint density at radius 1 is 0.786 bits per heavy atom. The van der Waals surface area contributed by atoms with Gasteiger partial charge in [0.25, 0.3) is 0 Å². The number of hydrogen-bond acceptors (Lipinski definition) is 8. The first-order valence-corrected chi connectivity index (χ1v) is 11.3. The van der Waals surface area contributed by atoms with E-state index in [-0.39, 0.29) is 16.7 Å². The number of carbonyl (C=O) groups is 2. The normalized spacial score (nSPS) is 11.0. The van der Waals surface area contributed by atoms with Gasteiger partial charge in [0.15, 0.2) is 0 Å². The second-order valence-corrected chi connectivity index (χ2v) is 10.2. The number of rotatable bonds is 8. The van der Waals surface area contributed by atoms with Gasteiger partial charge in [0.1, 0.15) is 11.5 Å². The van der Waals surface area contributed by atoms with Crippen LogP contribution < -0.4 is 9.05 Å². The van der Waals surface area contributed by atoms with Gasteiger partial charge in [0.2, 0.25) is 0 Å². The minimum atomic E-state index is -3.63. The molecule has 0 aliphatic heterocycles. The third-order valence-corrected chi connectivity index (χ3v) is 7.36. The van der Waals surface area contributed by atoms with E-state index in [9.17, 15) is 14.2 Å². The summed E-state index contributed by atoms with van der Waals surface area (Å²) in [5, 5.41) is -0.0329. The molecule has 0 unspecified atom stereocenters. The van der Waals surface area contributed by atoms with Crippen LogP contribution in [0.2, 0.25) is 0 Å². The molecule has 0 atom stereocenters. The van der Waals surface area contributed by atoms with E-state index in [1.54, 1.807) is 0 Å². The van der Waals surface area contributed by atoms with Crippen LogP contribution in [0.4, 0.5) is 0 Å². The number of hydrogen-bond donors (Lipinski definition) is 0. The lowest BCUT2D eigenvalue weighted by Crippen LogP contribution is -2.04. The average molecular weight is 424 g/mol. The molecule has 0 saturated carbocycles. The molecule has 0 spiro atoms. The smallest absolute Gasteiger partial charge is 0.465 e. The van der Waals surface area contributed by atoms with Gasteiger partial charge in [-0.25, -0.2) is 14.2 Å². The molecule has 0 heterocycles. The maximum Gasteiger partial charge on any atom is 0.493 e. The van der Waals surface area contributed by atoms with Crippen molar-refractivity contribution in [1.29, 1.82) is 0 Å². The van der Waals surface area contributed by atoms with Gasteiger partial charge < -0.3 is 18.5 Å². The highest BCUT2D eigenvalue weighted by atomic mass is 32.7. The monoisotopic (exact) mass is 424 g/mol. The van der Waals surface area contributed by atoms with E-state index in [4.69, 9.17) is 9.05 Å². The number of esters is 2. The van der Waals surface area contributed by atoms with Crippen LogP contribution in [0, 0.1) is 0 Å². The van der Waals surface area contributed by atoms with Crippen LogP contribution >= 0.6 is 18.2 Å². The first-order chi connectivity index (χ1) is 13.3. The van der Waals surface area contributed by atoms with E-state index in [1.165, 1.54) is 62.8 Å². The summed E-state index contributed by atoms with van der Waals surface area (Å²) in [4.78, 5) is 23.0. The van der Waals surface area contributed by atoms with Gasteiger partial charge in [-0.3, -0.25) is 0 Å². The van der Waals surface area contributed by atoms with Crippen molar-refractivity contribution in [3.8, 4) is 11.5 Å². The molecule has 0 fully saturated rings. The third-order valence-electron chi connectivity index (χ3n) is 3.33. The first-order valence-electron chi connectivity index (χ1n) is 8.30. The predicted octanol–water partition coefficient (Wildman–Crippen LogP) is 4.97. The second kappa shape index (κ2) is 9.66. The van der Waals surface area contributed by atoms with Crippen molar-refractivity contribution in [2.45, 2.75) is 19.1 Å². The molecule has 2 rings (SSSR count). The number of methoxy groups -OCH3 is 2. The van der Waals surface area contributed by atoms with Gasteiger partial charge in [0.05, 0.1) is 25.3 Å². The third kappa shape index (κ3) is 6.04. The molecule has 0 amide bonds. The van der Waals surface area contributed by atoms with Crippen molar-refractivity contribution in [3.63, 3.8) is 0 Å². The zero-order chi connectivity index (χ0) is 20.7. The molecule has 0 N–H and O–H groups in total. The van der Waals surface area contributed by atoms with Crippen LogP contribution in [-0.2, 0) is 14.0 Å². The summed E-state index contributed by atoms with van der Waals surface area (Å²) in [7, 11) is 2.58. The van der Waals surface area contributed by atoms with Crippen molar-refractivity contribution in [3.05, 3.63) is 59.7 Å². The van der Waals surface area contributed by atoms with Crippen molar-refractivity contribution in [2.24, 2.45) is 0 Å². The Morgan fingerprint density at radius 2 is 1.14 bits per heavy atom. The summed E-state index contributed by atoms with van der Waals surface area (Å²) in [5.74, 6) is -0.382. The van der Waals surface area contributed by atoms with Gasteiger partial charge in [-0.05, 0) is 59.9 Å². The van der Waals surface area contributed by atoms with Gasteiger partial charge in [-0.1, -0.05) is 13.8 Å². The van der Waals surface area contributed by atoms with Gasteiger partial charge >= 0.3 is 18.7 Å². The van der Waals surface area contributed by atoms with Crippen LogP contribution in [0.25, 0.3) is 0 Å². The van der Waals surface area contributed by atoms with Crippen molar-refractivity contribution >= 4 is 30.1 Å². The fraction of sp³-hybridized carbons (Fsp3) is 0.263. The van der Waals surface area contributed by atoms with E-state index in [2.05, 4.69) is 9.47 Å². The Labute approximate surface area is 167 Å². The summed E-state index contributed by atoms with van der Waals surface area (Å²) < 4.78 is 33.8. The van der Waals surface area contributed by atoms with E-state index in [0.29, 0.717) is 11.1 Å². The van der Waals surface area contributed by atoms with Crippen molar-refractivity contribution < 1.29 is 32.7 Å². The van der Waals surface area contributed by atoms with E-state index >= 15 is 0 Å². The minimum absolute atomic E-state index is 0.0329. The van der Waals surface area contributed by atoms with Gasteiger partial charge in [0, 0.05) is 5.25 Å². The summed E-state index contributed by atoms with van der Waals surface area (Å²) in [6, 6.07) is 12.1. The van der Waals surface area contributed by atoms with Gasteiger partial charge in [-0.2, -0.15) is 0 Å². The highest BCUT2D eigenvalue weighted by Gasteiger charge is 2.31. The van der Waals surface area contributed by atoms with Crippen LogP contribution in [0.15, 0.2) is 48.5 Å². The standard InChI is InChI=1S/C19H21O7PS/c1-13(2)28-27(22,25-16-9-5-14(6-10-16)18(20)23-3)26-17-11-7-15(8-12-17)19(21)24-4/h5-13H,1-4H3. The molecule has 0 bridgehead atoms. The topological polar surface area (TPSA) is 88.1 Å². The fourth-order valence-electron chi connectivity index (χ4n) is 2.12. The molecule has 150 valence electrons. The molecule has 9 heteroatoms. The van der Waals surface area contributed by atoms with E-state index < -0.39 is 18.7 Å². The molecule has 28 heavy (non-hydrogen) atoms. The van der Waals surface area contributed by atoms with Gasteiger partial charge in [-0.15, -0.1) is 0 Å². The Morgan fingerprint density at radius 3 is 1.43 bits per heavy atom. The number of carbonyl (C=O) groups excluding carboxylic acids is 2. The first kappa shape index (κ1) is 21.9. The molecule has 2 aromatic carbocycles. The highest BCUT2D eigenvalue weighted by molar-refractivity contribution is 8.55. The fourth-order valence-corrected chi connectivity index (χ4v) is 5.84. The minimum Gasteiger partial charge on any atom is -0.465 e. The molecule has 7 nitrogen and oxygen atoms in total. The maximum absolute atomic E-state index is 13.2. The Kier molecular flexibility index (Phi) is 7.54. The van der Waals surface area contributed by atoms with Crippen molar-refractivity contribution in [1.82, 2.24) is 0 Å². The molecule has 0 radical (unpaired) electrons. The summed E-state index contributed by atoms with van der Waals surface area (Å²) in [6.07, 6.45) is 0. The van der Waals surface area contributed by atoms with Crippen LogP contribution in [0.3, 0.4) is 0 Å². The molecular formula is C19H21O7PS. The largest absolute Gasteiger partial charge is 0.493 e. The lowest BCUT2D eigenvalue weighted by molar-refractivity contribution is 0.0592. The predicted molar refractivity (Wildman–Crippen MR) is 107 cm³/mol. The molecule has 0 saturated heterocycles. The second-order valence-electron chi connectivity index (χ2n) is 5.82. The van der Waals surface area contributed by atoms with E-state index in [0.717, 1.165) is 11.4 Å². The van der Waals surface area contributed by atoms with E-state index in [1.807, 2.05) is 13.8 Å². The molecule has 0 aliphatic carbocycles. The lowest BCUT2D eigenvalue weighted by Gasteiger charge is -2.20. The van der Waals surface area contributed by atoms with Crippen LogP contribution in [0.5, 0.6) is 11.5 Å². The van der Waals surface area contributed by atoms with Crippen LogP contribution in [-0.4, -0.2) is 31.4 Å². The quantitative estimate of drug-likeness (QED) is 0.434. The maximum atomic E-state index is 13.2. The van der Waals surface area contributed by atoms with Crippen LogP contribution in [0.1, 0.15) is 34.6 Å².